The van der Waals surface area contributed by atoms with Gasteiger partial charge in [0.2, 0.25) is 5.91 Å². The largest absolute Gasteiger partial charge is 0.369 e. The summed E-state index contributed by atoms with van der Waals surface area (Å²) in [4.78, 5) is 35.9. The summed E-state index contributed by atoms with van der Waals surface area (Å²) in [5.74, 6) is -0.601. The molecule has 4 N–H and O–H groups in total. The Morgan fingerprint density at radius 3 is 2.58 bits per heavy atom. The number of nitrogens with two attached hydrogens (primary N) is 1. The van der Waals surface area contributed by atoms with E-state index in [2.05, 4.69) is 4.98 Å². The van der Waals surface area contributed by atoms with Crippen LogP contribution in [0.1, 0.15) is 5.69 Å². The fourth-order valence-electron chi connectivity index (χ4n) is 0.802. The third-order valence-electron chi connectivity index (χ3n) is 1.18. The highest BCUT2D eigenvalue weighted by atomic mass is 16.2. The van der Waals surface area contributed by atoms with Crippen LogP contribution in [-0.2, 0) is 11.2 Å². The summed E-state index contributed by atoms with van der Waals surface area (Å²) < 4.78 is 0. The number of carbonyl (C=O) groups is 1. The van der Waals surface area contributed by atoms with Crippen LogP contribution in [0.15, 0.2) is 15.7 Å². The number of carbonyl (C=O) groups excluding carboxylic acids is 1. The lowest BCUT2D eigenvalue weighted by Crippen LogP contribution is -2.25. The number of aromatic amines is 2. The van der Waals surface area contributed by atoms with E-state index in [1.807, 2.05) is 4.98 Å². The molecule has 0 aromatic carbocycles. The van der Waals surface area contributed by atoms with Crippen LogP contribution in [0.5, 0.6) is 0 Å². The molecule has 0 aliphatic rings. The second-order valence-electron chi connectivity index (χ2n) is 2.26. The Kier molecular flexibility index (Phi) is 2.09. The summed E-state index contributed by atoms with van der Waals surface area (Å²) in [6, 6.07) is 1.12. The average molecular weight is 169 g/mol. The van der Waals surface area contributed by atoms with Crippen molar-refractivity contribution < 1.29 is 4.79 Å². The first-order valence-electron chi connectivity index (χ1n) is 3.19. The zero-order valence-corrected chi connectivity index (χ0v) is 6.09. The summed E-state index contributed by atoms with van der Waals surface area (Å²) in [7, 11) is 0. The Labute approximate surface area is 66.4 Å². The van der Waals surface area contributed by atoms with Gasteiger partial charge in [-0.1, -0.05) is 0 Å². The molecule has 0 unspecified atom stereocenters. The Bertz CT molecular complexity index is 375. The third-order valence-corrected chi connectivity index (χ3v) is 1.18. The van der Waals surface area contributed by atoms with Crippen LogP contribution < -0.4 is 17.0 Å². The van der Waals surface area contributed by atoms with Gasteiger partial charge in [-0.25, -0.2) is 4.79 Å². The van der Waals surface area contributed by atoms with Gasteiger partial charge in [0.25, 0.3) is 5.56 Å². The van der Waals surface area contributed by atoms with Gasteiger partial charge < -0.3 is 10.7 Å². The van der Waals surface area contributed by atoms with Gasteiger partial charge in [0.05, 0.1) is 6.42 Å². The molecule has 64 valence electrons. The van der Waals surface area contributed by atoms with E-state index in [4.69, 9.17) is 5.73 Å². The molecule has 0 bridgehead atoms. The smallest absolute Gasteiger partial charge is 0.325 e. The minimum atomic E-state index is -0.640. The van der Waals surface area contributed by atoms with E-state index in [-0.39, 0.29) is 12.1 Å². The first-order valence-corrected chi connectivity index (χ1v) is 3.19. The molecule has 0 saturated heterocycles. The predicted molar refractivity (Wildman–Crippen MR) is 40.6 cm³/mol. The maximum Gasteiger partial charge on any atom is 0.325 e. The monoisotopic (exact) mass is 169 g/mol. The Morgan fingerprint density at radius 2 is 2.08 bits per heavy atom. The number of hydrogen-bond acceptors (Lipinski definition) is 3. The number of H-pyrrole nitrogens is 2. The molecule has 0 aliphatic heterocycles. The second kappa shape index (κ2) is 3.04. The lowest BCUT2D eigenvalue weighted by atomic mass is 10.3. The molecule has 1 rings (SSSR count). The van der Waals surface area contributed by atoms with Crippen LogP contribution in [0, 0.1) is 0 Å². The fourth-order valence-corrected chi connectivity index (χ4v) is 0.802. The van der Waals surface area contributed by atoms with Gasteiger partial charge in [-0.05, 0) is 0 Å². The van der Waals surface area contributed by atoms with Crippen LogP contribution in [0.25, 0.3) is 0 Å². The minimum Gasteiger partial charge on any atom is -0.369 e. The van der Waals surface area contributed by atoms with E-state index in [1.165, 1.54) is 0 Å². The van der Waals surface area contributed by atoms with Crippen molar-refractivity contribution in [2.45, 2.75) is 6.42 Å². The molecule has 1 aromatic rings. The molecule has 0 saturated carbocycles. The molecule has 12 heavy (non-hydrogen) atoms. The van der Waals surface area contributed by atoms with Crippen molar-refractivity contribution in [3.63, 3.8) is 0 Å². The molecule has 1 heterocycles. The Hall–Kier alpha value is -1.85. The SMILES string of the molecule is NC(=O)Cc1cc(=O)[nH]c(=O)[nH]1. The highest BCUT2D eigenvalue weighted by Gasteiger charge is 1.99. The fraction of sp³-hybridized carbons (Fsp3) is 0.167. The van der Waals surface area contributed by atoms with Gasteiger partial charge in [-0.2, -0.15) is 0 Å². The molecule has 6 heteroatoms. The van der Waals surface area contributed by atoms with E-state index < -0.39 is 17.2 Å². The minimum absolute atomic E-state index is 0.140. The van der Waals surface area contributed by atoms with Crippen molar-refractivity contribution in [2.24, 2.45) is 5.73 Å². The molecule has 6 nitrogen and oxygen atoms in total. The van der Waals surface area contributed by atoms with Crippen molar-refractivity contribution in [3.05, 3.63) is 32.6 Å². The molecule has 0 fully saturated rings. The van der Waals surface area contributed by atoms with Crippen LogP contribution in [0.4, 0.5) is 0 Å². The maximum atomic E-state index is 10.7. The van der Waals surface area contributed by atoms with Crippen LogP contribution in [-0.4, -0.2) is 15.9 Å². The van der Waals surface area contributed by atoms with E-state index in [1.54, 1.807) is 0 Å². The quantitative estimate of drug-likeness (QED) is 0.480. The standard InChI is InChI=1S/C6H7N3O3/c7-4(10)1-3-2-5(11)9-6(12)8-3/h2H,1H2,(H2,7,10)(H2,8,9,11,12). The van der Waals surface area contributed by atoms with Gasteiger partial charge in [-0.15, -0.1) is 0 Å². The molecular formula is C6H7N3O3. The van der Waals surface area contributed by atoms with Crippen molar-refractivity contribution >= 4 is 5.91 Å². The Morgan fingerprint density at radius 1 is 1.42 bits per heavy atom. The summed E-state index contributed by atoms with van der Waals surface area (Å²) in [5, 5.41) is 0. The van der Waals surface area contributed by atoms with E-state index in [0.717, 1.165) is 6.07 Å². The topological polar surface area (TPSA) is 109 Å². The highest BCUT2D eigenvalue weighted by molar-refractivity contribution is 5.75. The van der Waals surface area contributed by atoms with Crippen LogP contribution >= 0.6 is 0 Å². The molecule has 0 aliphatic carbocycles. The van der Waals surface area contributed by atoms with Gasteiger partial charge >= 0.3 is 5.69 Å². The number of rotatable bonds is 2. The molecular weight excluding hydrogens is 162 g/mol. The lowest BCUT2D eigenvalue weighted by molar-refractivity contribution is -0.117. The lowest BCUT2D eigenvalue weighted by Gasteiger charge is -1.94. The molecule has 1 aromatic heterocycles. The number of aromatic nitrogens is 2. The van der Waals surface area contributed by atoms with Crippen LogP contribution in [0.2, 0.25) is 0 Å². The van der Waals surface area contributed by atoms with E-state index in [9.17, 15) is 14.4 Å². The van der Waals surface area contributed by atoms with Crippen LogP contribution in [0.3, 0.4) is 0 Å². The molecule has 0 spiro atoms. The van der Waals surface area contributed by atoms with Gasteiger partial charge in [-0.3, -0.25) is 14.6 Å². The number of amides is 1. The summed E-state index contributed by atoms with van der Waals surface area (Å²) >= 11 is 0. The van der Waals surface area contributed by atoms with Crippen molar-refractivity contribution in [3.8, 4) is 0 Å². The second-order valence-corrected chi connectivity index (χ2v) is 2.26. The van der Waals surface area contributed by atoms with E-state index >= 15 is 0 Å². The summed E-state index contributed by atoms with van der Waals surface area (Å²) in [6.07, 6.45) is -0.140. The highest BCUT2D eigenvalue weighted by Crippen LogP contribution is 1.84. The first-order chi connectivity index (χ1) is 5.58. The molecule has 0 radical (unpaired) electrons. The van der Waals surface area contributed by atoms with Crippen molar-refractivity contribution in [1.82, 2.24) is 9.97 Å². The zero-order chi connectivity index (χ0) is 9.14. The zero-order valence-electron chi connectivity index (χ0n) is 6.09. The average Bonchev–Trinajstić information content (AvgIpc) is 1.81. The summed E-state index contributed by atoms with van der Waals surface area (Å²) in [5.41, 5.74) is 3.88. The maximum absolute atomic E-state index is 10.7. The Balaban J connectivity index is 3.09. The first kappa shape index (κ1) is 8.25. The van der Waals surface area contributed by atoms with Crippen molar-refractivity contribution in [1.29, 1.82) is 0 Å². The number of hydrogen-bond donors (Lipinski definition) is 3. The summed E-state index contributed by atoms with van der Waals surface area (Å²) in [6.45, 7) is 0. The third kappa shape index (κ3) is 2.08. The van der Waals surface area contributed by atoms with Crippen molar-refractivity contribution in [2.75, 3.05) is 0 Å². The van der Waals surface area contributed by atoms with E-state index in [0.29, 0.717) is 0 Å². The van der Waals surface area contributed by atoms with Gasteiger partial charge in [0.1, 0.15) is 0 Å². The van der Waals surface area contributed by atoms with Gasteiger partial charge in [0, 0.05) is 11.8 Å². The molecule has 1 amide bonds. The van der Waals surface area contributed by atoms with Gasteiger partial charge in [0.15, 0.2) is 0 Å². The normalized spacial score (nSPS) is 9.67. The molecule has 0 atom stereocenters. The predicted octanol–water partition coefficient (Wildman–Crippen LogP) is -1.91. The number of nitrogens with one attached hydrogen (secondary N) is 2. The number of primary amides is 1.